The summed E-state index contributed by atoms with van der Waals surface area (Å²) in [6.45, 7) is 2.80. The van der Waals surface area contributed by atoms with E-state index in [9.17, 15) is 4.79 Å². The van der Waals surface area contributed by atoms with Crippen LogP contribution >= 0.6 is 0 Å². The second-order valence-corrected chi connectivity index (χ2v) is 7.16. The van der Waals surface area contributed by atoms with E-state index < -0.39 is 0 Å². The zero-order chi connectivity index (χ0) is 18.9. The maximum Gasteiger partial charge on any atom is 0.255 e. The smallest absolute Gasteiger partial charge is 0.255 e. The first kappa shape index (κ1) is 16.9. The van der Waals surface area contributed by atoms with Gasteiger partial charge in [-0.25, -0.2) is 4.98 Å². The molecule has 1 saturated heterocycles. The van der Waals surface area contributed by atoms with Crippen molar-refractivity contribution in [3.63, 3.8) is 0 Å². The van der Waals surface area contributed by atoms with E-state index >= 15 is 0 Å². The van der Waals surface area contributed by atoms with Gasteiger partial charge in [-0.3, -0.25) is 9.78 Å². The molecule has 0 radical (unpaired) electrons. The van der Waals surface area contributed by atoms with Gasteiger partial charge in [0.15, 0.2) is 0 Å². The normalized spacial score (nSPS) is 17.0. The highest BCUT2D eigenvalue weighted by atomic mass is 16.5. The van der Waals surface area contributed by atoms with Gasteiger partial charge in [-0.15, -0.1) is 0 Å². The minimum atomic E-state index is 0.0274. The van der Waals surface area contributed by atoms with Crippen LogP contribution in [0.1, 0.15) is 35.0 Å². The largest absolute Gasteiger partial charge is 0.353 e. The molecule has 0 N–H and O–H groups in total. The predicted octanol–water partition coefficient (Wildman–Crippen LogP) is 2.37. The summed E-state index contributed by atoms with van der Waals surface area (Å²) < 4.78 is 5.32. The molecule has 1 saturated carbocycles. The average molecular weight is 376 g/mol. The molecule has 5 rings (SSSR count). The van der Waals surface area contributed by atoms with Crippen molar-refractivity contribution >= 4 is 11.7 Å². The highest BCUT2D eigenvalue weighted by molar-refractivity contribution is 5.94. The molecule has 8 nitrogen and oxygen atoms in total. The van der Waals surface area contributed by atoms with Gasteiger partial charge in [0.2, 0.25) is 11.7 Å². The minimum absolute atomic E-state index is 0.0274. The van der Waals surface area contributed by atoms with Crippen LogP contribution < -0.4 is 4.90 Å². The van der Waals surface area contributed by atoms with E-state index in [0.29, 0.717) is 30.4 Å². The first-order valence-electron chi connectivity index (χ1n) is 9.52. The fourth-order valence-corrected chi connectivity index (χ4v) is 3.36. The molecule has 142 valence electrons. The zero-order valence-electron chi connectivity index (χ0n) is 15.4. The number of amides is 1. The lowest BCUT2D eigenvalue weighted by Crippen LogP contribution is -2.49. The molecule has 2 fully saturated rings. The molecule has 3 aromatic heterocycles. The van der Waals surface area contributed by atoms with Crippen LogP contribution in [0.4, 0.5) is 5.82 Å². The Bertz CT molecular complexity index is 960. The molecule has 0 aromatic carbocycles. The number of carbonyl (C=O) groups is 1. The van der Waals surface area contributed by atoms with E-state index in [1.54, 1.807) is 30.7 Å². The molecule has 1 aliphatic heterocycles. The molecule has 0 atom stereocenters. The third-order valence-electron chi connectivity index (χ3n) is 5.17. The van der Waals surface area contributed by atoms with Gasteiger partial charge in [0.05, 0.1) is 5.56 Å². The van der Waals surface area contributed by atoms with Crippen molar-refractivity contribution in [2.45, 2.75) is 18.8 Å². The molecule has 2 aliphatic rings. The Labute approximate surface area is 162 Å². The molecular formula is C20H20N6O2. The Morgan fingerprint density at radius 1 is 1.07 bits per heavy atom. The predicted molar refractivity (Wildman–Crippen MR) is 102 cm³/mol. The molecule has 0 unspecified atom stereocenters. The lowest BCUT2D eigenvalue weighted by molar-refractivity contribution is 0.0746. The summed E-state index contributed by atoms with van der Waals surface area (Å²) in [5.41, 5.74) is 1.48. The Kier molecular flexibility index (Phi) is 4.23. The van der Waals surface area contributed by atoms with Crippen LogP contribution in [0.15, 0.2) is 47.4 Å². The van der Waals surface area contributed by atoms with E-state index in [1.807, 2.05) is 17.0 Å². The number of carbonyl (C=O) groups excluding carboxylic acids is 1. The summed E-state index contributed by atoms with van der Waals surface area (Å²) in [6.07, 6.45) is 7.33. The van der Waals surface area contributed by atoms with Crippen LogP contribution in [0.5, 0.6) is 0 Å². The third-order valence-corrected chi connectivity index (χ3v) is 5.17. The number of anilines is 1. The van der Waals surface area contributed by atoms with Gasteiger partial charge >= 0.3 is 0 Å². The monoisotopic (exact) mass is 376 g/mol. The second-order valence-electron chi connectivity index (χ2n) is 7.16. The Morgan fingerprint density at radius 2 is 1.93 bits per heavy atom. The van der Waals surface area contributed by atoms with Gasteiger partial charge in [0.1, 0.15) is 5.82 Å². The molecule has 4 heterocycles. The van der Waals surface area contributed by atoms with E-state index in [0.717, 1.165) is 43.2 Å². The van der Waals surface area contributed by atoms with Crippen molar-refractivity contribution in [1.82, 2.24) is 25.0 Å². The van der Waals surface area contributed by atoms with Gasteiger partial charge < -0.3 is 14.3 Å². The highest BCUT2D eigenvalue weighted by Crippen LogP contribution is 2.39. The first-order valence-corrected chi connectivity index (χ1v) is 9.52. The quantitative estimate of drug-likeness (QED) is 0.691. The summed E-state index contributed by atoms with van der Waals surface area (Å²) in [7, 11) is 0. The summed E-state index contributed by atoms with van der Waals surface area (Å²) in [4.78, 5) is 29.6. The number of pyridine rings is 2. The summed E-state index contributed by atoms with van der Waals surface area (Å²) in [5, 5.41) is 4.06. The van der Waals surface area contributed by atoms with Crippen molar-refractivity contribution in [3.05, 3.63) is 54.3 Å². The first-order chi connectivity index (χ1) is 13.8. The maximum atomic E-state index is 12.5. The van der Waals surface area contributed by atoms with Crippen LogP contribution in [0.25, 0.3) is 11.4 Å². The molecule has 3 aromatic rings. The van der Waals surface area contributed by atoms with Crippen LogP contribution in [-0.2, 0) is 0 Å². The summed E-state index contributed by atoms with van der Waals surface area (Å²) in [5.74, 6) is 2.68. The topological polar surface area (TPSA) is 88.3 Å². The Morgan fingerprint density at radius 3 is 2.61 bits per heavy atom. The van der Waals surface area contributed by atoms with Crippen LogP contribution in [0, 0.1) is 0 Å². The molecule has 0 spiro atoms. The molecule has 1 amide bonds. The Hall–Kier alpha value is -3.29. The van der Waals surface area contributed by atoms with Gasteiger partial charge in [-0.2, -0.15) is 4.98 Å². The Balaban J connectivity index is 1.22. The highest BCUT2D eigenvalue weighted by Gasteiger charge is 2.30. The summed E-state index contributed by atoms with van der Waals surface area (Å²) >= 11 is 0. The van der Waals surface area contributed by atoms with Gasteiger partial charge in [-0.1, -0.05) is 5.16 Å². The van der Waals surface area contributed by atoms with Crippen LogP contribution in [0.3, 0.4) is 0 Å². The third kappa shape index (κ3) is 3.33. The fraction of sp³-hybridized carbons (Fsp3) is 0.350. The lowest BCUT2D eigenvalue weighted by atomic mass is 10.2. The number of hydrogen-bond acceptors (Lipinski definition) is 7. The van der Waals surface area contributed by atoms with Gasteiger partial charge in [0, 0.05) is 56.3 Å². The molecule has 1 aliphatic carbocycles. The lowest BCUT2D eigenvalue weighted by Gasteiger charge is -2.35. The number of nitrogens with zero attached hydrogens (tertiary/aromatic N) is 6. The van der Waals surface area contributed by atoms with E-state index in [4.69, 9.17) is 4.52 Å². The minimum Gasteiger partial charge on any atom is -0.353 e. The van der Waals surface area contributed by atoms with E-state index in [-0.39, 0.29) is 5.91 Å². The van der Waals surface area contributed by atoms with Crippen molar-refractivity contribution in [2.75, 3.05) is 31.1 Å². The molecule has 8 heteroatoms. The zero-order valence-corrected chi connectivity index (χ0v) is 15.4. The second kappa shape index (κ2) is 7.03. The maximum absolute atomic E-state index is 12.5. The standard InChI is InChI=1S/C20H20N6O2/c27-20(16-2-1-7-21-12-16)26-10-8-25(9-11-26)17-6-5-15(13-22-17)18-23-19(28-24-18)14-3-4-14/h1-2,5-7,12-14H,3-4,8-11H2. The van der Waals surface area contributed by atoms with Crippen LogP contribution in [0.2, 0.25) is 0 Å². The number of rotatable bonds is 4. The van der Waals surface area contributed by atoms with Gasteiger partial charge in [-0.05, 0) is 37.1 Å². The fourth-order valence-electron chi connectivity index (χ4n) is 3.36. The van der Waals surface area contributed by atoms with Crippen molar-refractivity contribution < 1.29 is 9.32 Å². The SMILES string of the molecule is O=C(c1cccnc1)N1CCN(c2ccc(-c3noc(C4CC4)n3)cn2)CC1. The summed E-state index contributed by atoms with van der Waals surface area (Å²) in [6, 6.07) is 7.53. The van der Waals surface area contributed by atoms with Crippen LogP contribution in [-0.4, -0.2) is 57.1 Å². The number of piperazine rings is 1. The molecule has 28 heavy (non-hydrogen) atoms. The van der Waals surface area contributed by atoms with E-state index in [1.165, 1.54) is 0 Å². The van der Waals surface area contributed by atoms with Crippen molar-refractivity contribution in [2.24, 2.45) is 0 Å². The molecule has 0 bridgehead atoms. The van der Waals surface area contributed by atoms with Gasteiger partial charge in [0.25, 0.3) is 5.91 Å². The average Bonchev–Trinajstić information content (AvgIpc) is 3.51. The van der Waals surface area contributed by atoms with Crippen molar-refractivity contribution in [3.8, 4) is 11.4 Å². The number of aromatic nitrogens is 4. The van der Waals surface area contributed by atoms with Crippen molar-refractivity contribution in [1.29, 1.82) is 0 Å². The molecular weight excluding hydrogens is 356 g/mol. The van der Waals surface area contributed by atoms with E-state index in [2.05, 4.69) is 25.0 Å². The number of hydrogen-bond donors (Lipinski definition) is 0.